The molecule has 0 fully saturated rings. The van der Waals surface area contributed by atoms with Crippen LogP contribution in [0.2, 0.25) is 0 Å². The average molecular weight is 351 g/mol. The molecule has 0 radical (unpaired) electrons. The fourth-order valence-electron chi connectivity index (χ4n) is 2.44. The summed E-state index contributed by atoms with van der Waals surface area (Å²) in [6.07, 6.45) is 3.82. The van der Waals surface area contributed by atoms with Crippen LogP contribution < -0.4 is 9.47 Å². The zero-order valence-electron chi connectivity index (χ0n) is 14.9. The van der Waals surface area contributed by atoms with E-state index in [4.69, 9.17) is 14.2 Å². The van der Waals surface area contributed by atoms with Crippen LogP contribution >= 0.6 is 0 Å². The summed E-state index contributed by atoms with van der Waals surface area (Å²) in [6, 6.07) is 14.8. The lowest BCUT2D eigenvalue weighted by Gasteiger charge is -2.05. The Morgan fingerprint density at radius 2 is 1.92 bits per heavy atom. The van der Waals surface area contributed by atoms with Crippen LogP contribution in [-0.4, -0.2) is 25.6 Å². The Morgan fingerprint density at radius 1 is 1.12 bits per heavy atom. The number of methoxy groups -OCH3 is 1. The Labute approximate surface area is 152 Å². The molecule has 5 heteroatoms. The zero-order chi connectivity index (χ0) is 18.4. The highest BCUT2D eigenvalue weighted by Crippen LogP contribution is 2.22. The number of carbonyl (C=O) groups is 1. The predicted octanol–water partition coefficient (Wildman–Crippen LogP) is 4.22. The summed E-state index contributed by atoms with van der Waals surface area (Å²) in [4.78, 5) is 16.4. The number of nitrogens with zero attached hydrogens (tertiary/aromatic N) is 1. The van der Waals surface area contributed by atoms with Crippen molar-refractivity contribution < 1.29 is 19.0 Å². The van der Waals surface area contributed by atoms with Gasteiger partial charge in [0.1, 0.15) is 11.5 Å². The Balaban J connectivity index is 1.75. The van der Waals surface area contributed by atoms with Crippen LogP contribution in [0.25, 0.3) is 6.08 Å². The minimum Gasteiger partial charge on any atom is -0.497 e. The summed E-state index contributed by atoms with van der Waals surface area (Å²) in [6.45, 7) is 2.83. The maximum absolute atomic E-state index is 12.1. The Bertz CT molecular complexity index is 837. The second kappa shape index (κ2) is 8.34. The van der Waals surface area contributed by atoms with E-state index in [9.17, 15) is 4.79 Å². The molecule has 0 amide bonds. The van der Waals surface area contributed by atoms with Gasteiger partial charge in [0.15, 0.2) is 5.70 Å². The minimum atomic E-state index is -0.467. The number of ether oxygens (including phenoxy) is 3. The maximum Gasteiger partial charge on any atom is 0.363 e. The van der Waals surface area contributed by atoms with Crippen molar-refractivity contribution in [2.75, 3.05) is 13.7 Å². The van der Waals surface area contributed by atoms with Gasteiger partial charge in [0.05, 0.1) is 13.7 Å². The summed E-state index contributed by atoms with van der Waals surface area (Å²) < 4.78 is 16.1. The van der Waals surface area contributed by atoms with Gasteiger partial charge >= 0.3 is 5.97 Å². The molecule has 0 unspecified atom stereocenters. The summed E-state index contributed by atoms with van der Waals surface area (Å²) >= 11 is 0. The zero-order valence-corrected chi connectivity index (χ0v) is 14.9. The van der Waals surface area contributed by atoms with Gasteiger partial charge in [-0.05, 0) is 48.4 Å². The Kier molecular flexibility index (Phi) is 5.69. The Hall–Kier alpha value is -3.08. The van der Waals surface area contributed by atoms with Gasteiger partial charge in [0, 0.05) is 5.56 Å². The molecule has 1 aliphatic heterocycles. The molecule has 5 nitrogen and oxygen atoms in total. The first-order chi connectivity index (χ1) is 12.7. The molecule has 0 saturated heterocycles. The monoisotopic (exact) mass is 351 g/mol. The van der Waals surface area contributed by atoms with Crippen molar-refractivity contribution in [1.29, 1.82) is 0 Å². The van der Waals surface area contributed by atoms with E-state index < -0.39 is 5.97 Å². The van der Waals surface area contributed by atoms with Crippen molar-refractivity contribution in [3.63, 3.8) is 0 Å². The lowest BCUT2D eigenvalue weighted by Crippen LogP contribution is -2.05. The van der Waals surface area contributed by atoms with E-state index in [-0.39, 0.29) is 11.6 Å². The number of hydrogen-bond acceptors (Lipinski definition) is 5. The third kappa shape index (κ3) is 4.30. The number of unbranched alkanes of at least 4 members (excludes halogenated alkanes) is 1. The third-order valence-corrected chi connectivity index (χ3v) is 3.89. The molecular formula is C21H21NO4. The molecule has 0 aliphatic carbocycles. The molecule has 2 aromatic rings. The van der Waals surface area contributed by atoms with E-state index in [0.717, 1.165) is 24.2 Å². The van der Waals surface area contributed by atoms with Gasteiger partial charge in [-0.25, -0.2) is 9.79 Å². The molecular weight excluding hydrogens is 330 g/mol. The van der Waals surface area contributed by atoms with Crippen LogP contribution in [-0.2, 0) is 9.53 Å². The standard InChI is InChI=1S/C21H21NO4/c1-3-4-12-25-17-10-8-15(9-11-17)13-19-21(23)26-20(22-19)16-6-5-7-18(14-16)24-2/h5-11,13-14H,3-4,12H2,1-2H3/b19-13+. The molecule has 0 bridgehead atoms. The molecule has 2 aromatic carbocycles. The van der Waals surface area contributed by atoms with E-state index >= 15 is 0 Å². The van der Waals surface area contributed by atoms with Gasteiger partial charge in [-0.1, -0.05) is 31.5 Å². The minimum absolute atomic E-state index is 0.266. The highest BCUT2D eigenvalue weighted by molar-refractivity contribution is 6.12. The molecule has 1 aliphatic rings. The third-order valence-electron chi connectivity index (χ3n) is 3.89. The SMILES string of the molecule is CCCCOc1ccc(/C=C2/N=C(c3cccc(OC)c3)OC2=O)cc1. The van der Waals surface area contributed by atoms with Crippen molar-refractivity contribution in [3.8, 4) is 11.5 Å². The largest absolute Gasteiger partial charge is 0.497 e. The Morgan fingerprint density at radius 3 is 2.65 bits per heavy atom. The number of hydrogen-bond donors (Lipinski definition) is 0. The van der Waals surface area contributed by atoms with Gasteiger partial charge in [-0.15, -0.1) is 0 Å². The number of carbonyl (C=O) groups excluding carboxylic acids is 1. The molecule has 26 heavy (non-hydrogen) atoms. The molecule has 0 aromatic heterocycles. The van der Waals surface area contributed by atoms with Crippen LogP contribution in [0.1, 0.15) is 30.9 Å². The molecule has 134 valence electrons. The second-order valence-corrected chi connectivity index (χ2v) is 5.84. The first kappa shape index (κ1) is 17.7. The fourth-order valence-corrected chi connectivity index (χ4v) is 2.44. The summed E-state index contributed by atoms with van der Waals surface area (Å²) in [5.41, 5.74) is 1.82. The van der Waals surface area contributed by atoms with Gasteiger partial charge < -0.3 is 14.2 Å². The van der Waals surface area contributed by atoms with Crippen molar-refractivity contribution in [2.45, 2.75) is 19.8 Å². The van der Waals surface area contributed by atoms with Crippen molar-refractivity contribution >= 4 is 17.9 Å². The molecule has 0 saturated carbocycles. The average Bonchev–Trinajstić information content (AvgIpc) is 3.04. The second-order valence-electron chi connectivity index (χ2n) is 5.84. The summed E-state index contributed by atoms with van der Waals surface area (Å²) in [7, 11) is 1.59. The molecule has 0 atom stereocenters. The number of aliphatic imine (C=N–C) groups is 1. The van der Waals surface area contributed by atoms with Gasteiger partial charge in [-0.2, -0.15) is 0 Å². The van der Waals surface area contributed by atoms with Crippen molar-refractivity contribution in [1.82, 2.24) is 0 Å². The number of benzene rings is 2. The number of esters is 1. The number of cyclic esters (lactones) is 1. The quantitative estimate of drug-likeness (QED) is 0.426. The van der Waals surface area contributed by atoms with E-state index in [1.54, 1.807) is 19.3 Å². The lowest BCUT2D eigenvalue weighted by molar-refractivity contribution is -0.129. The van der Waals surface area contributed by atoms with Crippen LogP contribution in [0, 0.1) is 0 Å². The lowest BCUT2D eigenvalue weighted by atomic mass is 10.2. The first-order valence-corrected chi connectivity index (χ1v) is 8.59. The van der Waals surface area contributed by atoms with Crippen LogP contribution in [0.5, 0.6) is 11.5 Å². The fraction of sp³-hybridized carbons (Fsp3) is 0.238. The molecule has 3 rings (SSSR count). The number of rotatable bonds is 7. The van der Waals surface area contributed by atoms with Gasteiger partial charge in [-0.3, -0.25) is 0 Å². The highest BCUT2D eigenvalue weighted by atomic mass is 16.6. The van der Waals surface area contributed by atoms with E-state index in [2.05, 4.69) is 11.9 Å². The van der Waals surface area contributed by atoms with Crippen molar-refractivity contribution in [3.05, 3.63) is 65.4 Å². The smallest absolute Gasteiger partial charge is 0.363 e. The maximum atomic E-state index is 12.1. The van der Waals surface area contributed by atoms with E-state index in [0.29, 0.717) is 17.9 Å². The molecule has 0 spiro atoms. The van der Waals surface area contributed by atoms with Gasteiger partial charge in [0.25, 0.3) is 0 Å². The highest BCUT2D eigenvalue weighted by Gasteiger charge is 2.24. The summed E-state index contributed by atoms with van der Waals surface area (Å²) in [5.74, 6) is 1.30. The van der Waals surface area contributed by atoms with Crippen LogP contribution in [0.15, 0.2) is 59.2 Å². The molecule has 1 heterocycles. The predicted molar refractivity (Wildman–Crippen MR) is 100 cm³/mol. The van der Waals surface area contributed by atoms with Crippen LogP contribution in [0.3, 0.4) is 0 Å². The first-order valence-electron chi connectivity index (χ1n) is 8.59. The van der Waals surface area contributed by atoms with E-state index in [1.807, 2.05) is 42.5 Å². The normalized spacial score (nSPS) is 14.9. The van der Waals surface area contributed by atoms with Crippen LogP contribution in [0.4, 0.5) is 0 Å². The molecule has 0 N–H and O–H groups in total. The topological polar surface area (TPSA) is 57.1 Å². The van der Waals surface area contributed by atoms with E-state index in [1.165, 1.54) is 0 Å². The summed E-state index contributed by atoms with van der Waals surface area (Å²) in [5, 5.41) is 0. The van der Waals surface area contributed by atoms with Crippen molar-refractivity contribution in [2.24, 2.45) is 4.99 Å². The van der Waals surface area contributed by atoms with Gasteiger partial charge in [0.2, 0.25) is 5.90 Å².